The van der Waals surface area contributed by atoms with Crippen LogP contribution in [-0.4, -0.2) is 44.2 Å². The summed E-state index contributed by atoms with van der Waals surface area (Å²) < 4.78 is 12.0. The van der Waals surface area contributed by atoms with Gasteiger partial charge < -0.3 is 19.6 Å². The Labute approximate surface area is 184 Å². The molecule has 2 aromatic carbocycles. The molecule has 1 amide bonds. The number of ether oxygens (including phenoxy) is 2. The largest absolute Gasteiger partial charge is 0.476 e. The standard InChI is InChI=1S/C24H30N2O4Si/c1-26(18-11-9-17(10-12-18)16-29-13-14-31(2,3)4)23(27)24-15-20(24)22(25-28)19-7-5-6-8-21(19)30-24/h5-12,20,28H,13-16H2,1-4H3. The minimum absolute atomic E-state index is 0.132. The van der Waals surface area contributed by atoms with Crippen LogP contribution in [-0.2, 0) is 16.1 Å². The van der Waals surface area contributed by atoms with E-state index in [1.165, 1.54) is 0 Å². The summed E-state index contributed by atoms with van der Waals surface area (Å²) in [6.45, 7) is 8.38. The first-order valence-electron chi connectivity index (χ1n) is 10.7. The van der Waals surface area contributed by atoms with Gasteiger partial charge in [-0.2, -0.15) is 0 Å². The zero-order valence-corrected chi connectivity index (χ0v) is 19.6. The van der Waals surface area contributed by atoms with Crippen molar-refractivity contribution < 1.29 is 19.5 Å². The van der Waals surface area contributed by atoms with Crippen LogP contribution >= 0.6 is 0 Å². The van der Waals surface area contributed by atoms with Crippen molar-refractivity contribution in [3.8, 4) is 5.75 Å². The first-order chi connectivity index (χ1) is 14.7. The molecule has 0 saturated heterocycles. The van der Waals surface area contributed by atoms with Crippen molar-refractivity contribution in [1.29, 1.82) is 0 Å². The molecule has 2 unspecified atom stereocenters. The lowest BCUT2D eigenvalue weighted by Gasteiger charge is -2.29. The predicted molar refractivity (Wildman–Crippen MR) is 124 cm³/mol. The maximum absolute atomic E-state index is 13.4. The predicted octanol–water partition coefficient (Wildman–Crippen LogP) is 4.53. The number of carbonyl (C=O) groups is 1. The van der Waals surface area contributed by atoms with Crippen LogP contribution in [0, 0.1) is 5.92 Å². The molecule has 6 nitrogen and oxygen atoms in total. The highest BCUT2D eigenvalue weighted by Gasteiger charge is 2.68. The van der Waals surface area contributed by atoms with Gasteiger partial charge in [0.1, 0.15) is 5.75 Å². The molecule has 1 N–H and O–H groups in total. The Morgan fingerprint density at radius 2 is 1.94 bits per heavy atom. The maximum atomic E-state index is 13.4. The lowest BCUT2D eigenvalue weighted by atomic mass is 9.99. The summed E-state index contributed by atoms with van der Waals surface area (Å²) in [6.07, 6.45) is 0.507. The lowest BCUT2D eigenvalue weighted by Crippen LogP contribution is -2.46. The van der Waals surface area contributed by atoms with Gasteiger partial charge >= 0.3 is 0 Å². The number of likely N-dealkylation sites (N-methyl/N-ethyl adjacent to an activating group) is 1. The van der Waals surface area contributed by atoms with Gasteiger partial charge in [-0.3, -0.25) is 4.79 Å². The Morgan fingerprint density at radius 3 is 2.61 bits per heavy atom. The minimum Gasteiger partial charge on any atom is -0.476 e. The highest BCUT2D eigenvalue weighted by atomic mass is 28.3. The average Bonchev–Trinajstić information content (AvgIpc) is 3.49. The second-order valence-electron chi connectivity index (χ2n) is 9.62. The van der Waals surface area contributed by atoms with Crippen molar-refractivity contribution in [3.63, 3.8) is 0 Å². The fourth-order valence-electron chi connectivity index (χ4n) is 4.01. The second-order valence-corrected chi connectivity index (χ2v) is 15.2. The quantitative estimate of drug-likeness (QED) is 0.298. The number of para-hydroxylation sites is 1. The minimum atomic E-state index is -1.09. The van der Waals surface area contributed by atoms with Crippen LogP contribution in [0.3, 0.4) is 0 Å². The number of rotatable bonds is 7. The van der Waals surface area contributed by atoms with Crippen LogP contribution < -0.4 is 9.64 Å². The van der Waals surface area contributed by atoms with Crippen LogP contribution in [0.25, 0.3) is 0 Å². The third-order valence-corrected chi connectivity index (χ3v) is 7.76. The first-order valence-corrected chi connectivity index (χ1v) is 14.4. The number of carbonyl (C=O) groups excluding carboxylic acids is 1. The van der Waals surface area contributed by atoms with Gasteiger partial charge in [0.05, 0.1) is 18.2 Å². The van der Waals surface area contributed by atoms with E-state index < -0.39 is 13.7 Å². The molecule has 0 radical (unpaired) electrons. The number of oxime groups is 1. The monoisotopic (exact) mass is 438 g/mol. The van der Waals surface area contributed by atoms with E-state index >= 15 is 0 Å². The summed E-state index contributed by atoms with van der Waals surface area (Å²) in [4.78, 5) is 15.0. The van der Waals surface area contributed by atoms with Crippen LogP contribution in [0.5, 0.6) is 5.75 Å². The fraction of sp³-hybridized carbons (Fsp3) is 0.417. The van der Waals surface area contributed by atoms with Crippen molar-refractivity contribution in [3.05, 3.63) is 59.7 Å². The van der Waals surface area contributed by atoms with Gasteiger partial charge in [0.15, 0.2) is 5.60 Å². The summed E-state index contributed by atoms with van der Waals surface area (Å²) in [7, 11) is 0.669. The van der Waals surface area contributed by atoms with Crippen molar-refractivity contribution >= 4 is 25.4 Å². The molecule has 1 aliphatic carbocycles. The molecule has 31 heavy (non-hydrogen) atoms. The molecule has 4 rings (SSSR count). The Kier molecular flexibility index (Phi) is 5.66. The van der Waals surface area contributed by atoms with E-state index in [0.29, 0.717) is 24.5 Å². The molecule has 1 saturated carbocycles. The van der Waals surface area contributed by atoms with Crippen LogP contribution in [0.4, 0.5) is 5.69 Å². The van der Waals surface area contributed by atoms with Crippen molar-refractivity contribution in [2.24, 2.45) is 11.1 Å². The molecular weight excluding hydrogens is 408 g/mol. The summed E-state index contributed by atoms with van der Waals surface area (Å²) in [5.74, 6) is 0.213. The van der Waals surface area contributed by atoms with E-state index in [0.717, 1.165) is 29.5 Å². The molecule has 2 aliphatic rings. The first kappa shape index (κ1) is 21.6. The van der Waals surface area contributed by atoms with Gasteiger partial charge in [-0.1, -0.05) is 49.1 Å². The van der Waals surface area contributed by atoms with E-state index in [4.69, 9.17) is 9.47 Å². The van der Waals surface area contributed by atoms with E-state index in [1.807, 2.05) is 42.5 Å². The van der Waals surface area contributed by atoms with Gasteiger partial charge in [-0.25, -0.2) is 0 Å². The zero-order chi connectivity index (χ0) is 22.2. The molecule has 0 spiro atoms. The van der Waals surface area contributed by atoms with Crippen LogP contribution in [0.1, 0.15) is 17.5 Å². The average molecular weight is 439 g/mol. The third kappa shape index (κ3) is 4.25. The molecule has 1 fully saturated rings. The van der Waals surface area contributed by atoms with Crippen molar-refractivity contribution in [2.75, 3.05) is 18.6 Å². The highest BCUT2D eigenvalue weighted by Crippen LogP contribution is 2.55. The summed E-state index contributed by atoms with van der Waals surface area (Å²) in [5.41, 5.74) is 2.15. The SMILES string of the molecule is CN(C(=O)C12CC1C(=NO)c1ccccc1O2)c1ccc(COCC[Si](C)(C)C)cc1. The Bertz CT molecular complexity index is 999. The smallest absolute Gasteiger partial charge is 0.271 e. The number of hydrogen-bond acceptors (Lipinski definition) is 5. The van der Waals surface area contributed by atoms with E-state index in [9.17, 15) is 10.0 Å². The Morgan fingerprint density at radius 1 is 1.23 bits per heavy atom. The molecule has 0 aromatic heterocycles. The molecule has 2 aromatic rings. The lowest BCUT2D eigenvalue weighted by molar-refractivity contribution is -0.127. The molecule has 0 bridgehead atoms. The molecule has 164 valence electrons. The summed E-state index contributed by atoms with van der Waals surface area (Å²) in [5, 5.41) is 13.0. The summed E-state index contributed by atoms with van der Waals surface area (Å²) in [6, 6.07) is 16.4. The zero-order valence-electron chi connectivity index (χ0n) is 18.6. The molecule has 1 aliphatic heterocycles. The van der Waals surface area contributed by atoms with Gasteiger partial charge in [0.2, 0.25) is 0 Å². The number of fused-ring (bicyclic) bond motifs is 2. The fourth-order valence-corrected chi connectivity index (χ4v) is 4.77. The highest BCUT2D eigenvalue weighted by molar-refractivity contribution is 6.76. The van der Waals surface area contributed by atoms with Gasteiger partial charge in [0, 0.05) is 39.4 Å². The number of amides is 1. The number of anilines is 1. The third-order valence-electron chi connectivity index (χ3n) is 6.06. The van der Waals surface area contributed by atoms with Gasteiger partial charge in [0.25, 0.3) is 5.91 Å². The summed E-state index contributed by atoms with van der Waals surface area (Å²) >= 11 is 0. The maximum Gasteiger partial charge on any atom is 0.271 e. The number of benzene rings is 2. The van der Waals surface area contributed by atoms with E-state index in [2.05, 4.69) is 24.8 Å². The Hall–Kier alpha value is -2.64. The van der Waals surface area contributed by atoms with E-state index in [1.54, 1.807) is 18.0 Å². The van der Waals surface area contributed by atoms with Crippen LogP contribution in [0.2, 0.25) is 25.7 Å². The Balaban J connectivity index is 1.42. The van der Waals surface area contributed by atoms with E-state index in [-0.39, 0.29) is 11.8 Å². The molecular formula is C24H30N2O4Si. The van der Waals surface area contributed by atoms with Crippen molar-refractivity contribution in [2.45, 2.75) is 44.3 Å². The number of hydrogen-bond donors (Lipinski definition) is 1. The second kappa shape index (κ2) is 8.13. The van der Waals surface area contributed by atoms with Crippen LogP contribution in [0.15, 0.2) is 53.7 Å². The molecule has 1 heterocycles. The molecule has 2 atom stereocenters. The van der Waals surface area contributed by atoms with Crippen molar-refractivity contribution in [1.82, 2.24) is 0 Å². The molecule has 7 heteroatoms. The topological polar surface area (TPSA) is 71.4 Å². The van der Waals surface area contributed by atoms with Gasteiger partial charge in [-0.15, -0.1) is 0 Å². The number of nitrogens with zero attached hydrogens (tertiary/aromatic N) is 2. The normalized spacial score (nSPS) is 23.0. The van der Waals surface area contributed by atoms with Gasteiger partial charge in [-0.05, 0) is 35.9 Å².